The number of phosphoric ester groups is 2. The molecule has 0 bridgehead atoms. The van der Waals surface area contributed by atoms with Crippen LogP contribution in [0.1, 0.15) is 401 Å². The van der Waals surface area contributed by atoms with E-state index < -0.39 is 97.5 Å². The van der Waals surface area contributed by atoms with E-state index >= 15 is 0 Å². The van der Waals surface area contributed by atoms with E-state index in [-0.39, 0.29) is 25.7 Å². The summed E-state index contributed by atoms with van der Waals surface area (Å²) in [6.07, 6.45) is 58.1. The van der Waals surface area contributed by atoms with Gasteiger partial charge in [-0.05, 0) is 31.6 Å². The average molecular weight is 1400 g/mol. The second kappa shape index (κ2) is 69.2. The summed E-state index contributed by atoms with van der Waals surface area (Å²) in [7, 11) is -9.91. The molecule has 19 heteroatoms. The molecule has 0 heterocycles. The van der Waals surface area contributed by atoms with E-state index in [1.807, 2.05) is 0 Å². The molecule has 0 amide bonds. The van der Waals surface area contributed by atoms with Crippen LogP contribution in [-0.2, 0) is 65.4 Å². The second-order valence-electron chi connectivity index (χ2n) is 27.6. The van der Waals surface area contributed by atoms with Gasteiger partial charge in [0, 0.05) is 25.7 Å². The molecule has 564 valence electrons. The lowest BCUT2D eigenvalue weighted by Crippen LogP contribution is -2.30. The third-order valence-electron chi connectivity index (χ3n) is 18.1. The molecular formula is C76H148O17P2. The lowest BCUT2D eigenvalue weighted by Gasteiger charge is -2.21. The number of aliphatic hydroxyl groups is 1. The third-order valence-corrected chi connectivity index (χ3v) is 20.0. The molecule has 0 saturated heterocycles. The molecule has 0 radical (unpaired) electrons. The average Bonchev–Trinajstić information content (AvgIpc) is 1.64. The van der Waals surface area contributed by atoms with Gasteiger partial charge < -0.3 is 33.8 Å². The first-order chi connectivity index (χ1) is 46.1. The number of hydrogen-bond donors (Lipinski definition) is 3. The van der Waals surface area contributed by atoms with Crippen molar-refractivity contribution < 1.29 is 80.2 Å². The molecular weight excluding hydrogens is 1250 g/mol. The van der Waals surface area contributed by atoms with Crippen molar-refractivity contribution in [3.63, 3.8) is 0 Å². The summed E-state index contributed by atoms with van der Waals surface area (Å²) in [6, 6.07) is 0. The van der Waals surface area contributed by atoms with Gasteiger partial charge in [-0.25, -0.2) is 9.13 Å². The maximum atomic E-state index is 13.1. The fourth-order valence-corrected chi connectivity index (χ4v) is 13.3. The van der Waals surface area contributed by atoms with Crippen molar-refractivity contribution in [3.8, 4) is 0 Å². The van der Waals surface area contributed by atoms with Gasteiger partial charge in [0.05, 0.1) is 26.4 Å². The topological polar surface area (TPSA) is 237 Å². The summed E-state index contributed by atoms with van der Waals surface area (Å²) in [6.45, 7) is 7.33. The zero-order valence-electron chi connectivity index (χ0n) is 61.8. The van der Waals surface area contributed by atoms with Crippen molar-refractivity contribution in [2.75, 3.05) is 39.6 Å². The number of carbonyl (C=O) groups excluding carboxylic acids is 4. The standard InChI is InChI=1S/C76H148O17P2/c1-6-10-13-16-19-22-24-25-26-27-28-32-36-40-45-50-55-60-74(79)87-66-72(93-76(81)62-57-52-47-42-37-33-30-29-31-35-39-43-48-53-58-69(5)9-4)68-91-95(84,85)89-64-70(77)63-88-94(82,83)90-67-71(65-86-73(78)59-54-49-44-38-21-18-15-12-8-3)92-75(80)61-56-51-46-41-34-23-20-17-14-11-7-2/h69-72,77H,6-68H2,1-5H3,(H,82,83)(H,84,85)/t69?,70-,71+,72+/m0/s1. The normalized spacial score (nSPS) is 14.2. The Morgan fingerprint density at radius 2 is 0.505 bits per heavy atom. The number of phosphoric acid groups is 2. The fraction of sp³-hybridized carbons (Fsp3) is 0.947. The van der Waals surface area contributed by atoms with Crippen LogP contribution >= 0.6 is 15.6 Å². The summed E-state index contributed by atoms with van der Waals surface area (Å²) in [5.74, 6) is -1.27. The summed E-state index contributed by atoms with van der Waals surface area (Å²) in [5.41, 5.74) is 0. The van der Waals surface area contributed by atoms with Crippen molar-refractivity contribution >= 4 is 39.5 Å². The Morgan fingerprint density at radius 1 is 0.295 bits per heavy atom. The monoisotopic (exact) mass is 1400 g/mol. The van der Waals surface area contributed by atoms with Crippen LogP contribution in [0.5, 0.6) is 0 Å². The Balaban J connectivity index is 5.21. The quantitative estimate of drug-likeness (QED) is 0.0222. The predicted molar refractivity (Wildman–Crippen MR) is 386 cm³/mol. The molecule has 0 aromatic carbocycles. The smallest absolute Gasteiger partial charge is 0.462 e. The fourth-order valence-electron chi connectivity index (χ4n) is 11.7. The SMILES string of the molecule is CCCCCCCCCCCCCCCCCCCC(=O)OC[C@H](COP(=O)(O)OC[C@@H](O)COP(=O)(O)OC[C@@H](COC(=O)CCCCCCCCCCC)OC(=O)CCCCCCCCCCCCC)OC(=O)CCCCCCCCCCCCCCCCC(C)CC. The first-order valence-electron chi connectivity index (χ1n) is 39.7. The minimum Gasteiger partial charge on any atom is -0.462 e. The van der Waals surface area contributed by atoms with Crippen molar-refractivity contribution in [1.82, 2.24) is 0 Å². The number of aliphatic hydroxyl groups excluding tert-OH is 1. The molecule has 3 unspecified atom stereocenters. The van der Waals surface area contributed by atoms with Crippen molar-refractivity contribution in [2.24, 2.45) is 5.92 Å². The largest absolute Gasteiger partial charge is 0.472 e. The number of carbonyl (C=O) groups is 4. The van der Waals surface area contributed by atoms with Gasteiger partial charge in [0.15, 0.2) is 12.2 Å². The van der Waals surface area contributed by atoms with Crippen LogP contribution in [0.4, 0.5) is 0 Å². The van der Waals surface area contributed by atoms with Gasteiger partial charge in [-0.1, -0.05) is 349 Å². The minimum atomic E-state index is -4.96. The Kier molecular flexibility index (Phi) is 67.7. The molecule has 95 heavy (non-hydrogen) atoms. The Bertz CT molecular complexity index is 1820. The van der Waals surface area contributed by atoms with E-state index in [9.17, 15) is 43.2 Å². The predicted octanol–water partition coefficient (Wildman–Crippen LogP) is 22.5. The molecule has 0 aromatic rings. The number of unbranched alkanes of at least 4 members (excludes halogenated alkanes) is 47. The van der Waals surface area contributed by atoms with Crippen LogP contribution in [0.25, 0.3) is 0 Å². The third kappa shape index (κ3) is 69.0. The molecule has 0 aliphatic rings. The Morgan fingerprint density at radius 3 is 0.747 bits per heavy atom. The number of ether oxygens (including phenoxy) is 4. The van der Waals surface area contributed by atoms with Crippen LogP contribution in [0.2, 0.25) is 0 Å². The molecule has 0 saturated carbocycles. The summed E-state index contributed by atoms with van der Waals surface area (Å²) in [4.78, 5) is 72.7. The maximum Gasteiger partial charge on any atom is 0.472 e. The maximum absolute atomic E-state index is 13.1. The number of rotatable bonds is 76. The Labute approximate surface area is 581 Å². The highest BCUT2D eigenvalue weighted by Gasteiger charge is 2.30. The molecule has 17 nitrogen and oxygen atoms in total. The highest BCUT2D eigenvalue weighted by Crippen LogP contribution is 2.45. The van der Waals surface area contributed by atoms with E-state index in [0.29, 0.717) is 25.7 Å². The van der Waals surface area contributed by atoms with Crippen LogP contribution in [-0.4, -0.2) is 96.7 Å². The van der Waals surface area contributed by atoms with Crippen LogP contribution in [0.3, 0.4) is 0 Å². The van der Waals surface area contributed by atoms with E-state index in [2.05, 4.69) is 34.6 Å². The molecule has 0 fully saturated rings. The highest BCUT2D eigenvalue weighted by molar-refractivity contribution is 7.47. The molecule has 0 rings (SSSR count). The van der Waals surface area contributed by atoms with Gasteiger partial charge in [0.25, 0.3) is 0 Å². The molecule has 6 atom stereocenters. The molecule has 0 aliphatic carbocycles. The van der Waals surface area contributed by atoms with Gasteiger partial charge in [-0.2, -0.15) is 0 Å². The van der Waals surface area contributed by atoms with E-state index in [1.54, 1.807) is 0 Å². The Hall–Kier alpha value is -1.94. The first-order valence-corrected chi connectivity index (χ1v) is 42.7. The minimum absolute atomic E-state index is 0.107. The number of hydrogen-bond acceptors (Lipinski definition) is 15. The van der Waals surface area contributed by atoms with E-state index in [4.69, 9.17) is 37.0 Å². The summed E-state index contributed by atoms with van der Waals surface area (Å²) < 4.78 is 68.5. The number of esters is 4. The van der Waals surface area contributed by atoms with Gasteiger partial charge >= 0.3 is 39.5 Å². The van der Waals surface area contributed by atoms with Crippen LogP contribution < -0.4 is 0 Å². The summed E-state index contributed by atoms with van der Waals surface area (Å²) in [5, 5.41) is 10.6. The van der Waals surface area contributed by atoms with E-state index in [1.165, 1.54) is 225 Å². The van der Waals surface area contributed by atoms with Crippen molar-refractivity contribution in [2.45, 2.75) is 419 Å². The zero-order chi connectivity index (χ0) is 69.8. The van der Waals surface area contributed by atoms with Crippen LogP contribution in [0, 0.1) is 5.92 Å². The zero-order valence-corrected chi connectivity index (χ0v) is 63.6. The van der Waals surface area contributed by atoms with Crippen LogP contribution in [0.15, 0.2) is 0 Å². The second-order valence-corrected chi connectivity index (χ2v) is 30.5. The lowest BCUT2D eigenvalue weighted by molar-refractivity contribution is -0.161. The highest BCUT2D eigenvalue weighted by atomic mass is 31.2. The van der Waals surface area contributed by atoms with E-state index in [0.717, 1.165) is 95.8 Å². The lowest BCUT2D eigenvalue weighted by atomic mass is 9.99. The van der Waals surface area contributed by atoms with Gasteiger partial charge in [-0.3, -0.25) is 37.3 Å². The molecule has 3 N–H and O–H groups in total. The first kappa shape index (κ1) is 93.1. The molecule has 0 aromatic heterocycles. The summed E-state index contributed by atoms with van der Waals surface area (Å²) >= 11 is 0. The van der Waals surface area contributed by atoms with Crippen molar-refractivity contribution in [3.05, 3.63) is 0 Å². The molecule has 0 aliphatic heterocycles. The molecule has 0 spiro atoms. The van der Waals surface area contributed by atoms with Gasteiger partial charge in [0.1, 0.15) is 19.3 Å². The van der Waals surface area contributed by atoms with Gasteiger partial charge in [-0.15, -0.1) is 0 Å². The van der Waals surface area contributed by atoms with Gasteiger partial charge in [0.2, 0.25) is 0 Å². The van der Waals surface area contributed by atoms with Crippen molar-refractivity contribution in [1.29, 1.82) is 0 Å².